The van der Waals surface area contributed by atoms with Crippen LogP contribution >= 0.6 is 0 Å². The van der Waals surface area contributed by atoms with Crippen molar-refractivity contribution in [3.63, 3.8) is 0 Å². The van der Waals surface area contributed by atoms with E-state index in [0.29, 0.717) is 12.6 Å². The molecule has 1 fully saturated rings. The van der Waals surface area contributed by atoms with E-state index < -0.39 is 0 Å². The lowest BCUT2D eigenvalue weighted by Gasteiger charge is -2.36. The van der Waals surface area contributed by atoms with Crippen molar-refractivity contribution in [1.29, 1.82) is 0 Å². The lowest BCUT2D eigenvalue weighted by Crippen LogP contribution is -2.44. The van der Waals surface area contributed by atoms with Crippen LogP contribution in [0.25, 0.3) is 0 Å². The fourth-order valence-corrected chi connectivity index (χ4v) is 2.78. The Kier molecular flexibility index (Phi) is 4.91. The van der Waals surface area contributed by atoms with Crippen LogP contribution in [0.3, 0.4) is 0 Å². The van der Waals surface area contributed by atoms with Crippen molar-refractivity contribution in [1.82, 2.24) is 9.80 Å². The number of hydrogen-bond acceptors (Lipinski definition) is 3. The van der Waals surface area contributed by atoms with E-state index in [1.807, 2.05) is 6.07 Å². The maximum Gasteiger partial charge on any atom is 0.123 e. The summed E-state index contributed by atoms with van der Waals surface area (Å²) in [7, 11) is 4.26. The molecule has 1 heterocycles. The summed E-state index contributed by atoms with van der Waals surface area (Å²) in [5, 5.41) is 0. The van der Waals surface area contributed by atoms with Gasteiger partial charge in [-0.25, -0.2) is 4.39 Å². The molecule has 1 aromatic rings. The highest BCUT2D eigenvalue weighted by Crippen LogP contribution is 2.17. The van der Waals surface area contributed by atoms with Crippen molar-refractivity contribution in [2.45, 2.75) is 32.0 Å². The van der Waals surface area contributed by atoms with E-state index in [1.165, 1.54) is 18.9 Å². The van der Waals surface area contributed by atoms with Gasteiger partial charge in [-0.3, -0.25) is 4.90 Å². The van der Waals surface area contributed by atoms with Crippen LogP contribution in [0.15, 0.2) is 18.2 Å². The van der Waals surface area contributed by atoms with Crippen molar-refractivity contribution in [2.75, 3.05) is 27.2 Å². The van der Waals surface area contributed by atoms with Crippen LogP contribution in [-0.2, 0) is 13.1 Å². The van der Waals surface area contributed by atoms with E-state index in [4.69, 9.17) is 5.73 Å². The number of piperidine rings is 1. The molecule has 19 heavy (non-hydrogen) atoms. The third kappa shape index (κ3) is 4.00. The van der Waals surface area contributed by atoms with E-state index in [2.05, 4.69) is 23.9 Å². The van der Waals surface area contributed by atoms with Gasteiger partial charge in [0, 0.05) is 25.7 Å². The maximum atomic E-state index is 13.5. The molecule has 3 nitrogen and oxygen atoms in total. The molecule has 1 aromatic carbocycles. The van der Waals surface area contributed by atoms with E-state index in [9.17, 15) is 4.39 Å². The molecular formula is C15H24FN3. The first-order chi connectivity index (χ1) is 9.08. The third-order valence-electron chi connectivity index (χ3n) is 3.87. The minimum Gasteiger partial charge on any atom is -0.326 e. The quantitative estimate of drug-likeness (QED) is 0.901. The average molecular weight is 265 g/mol. The van der Waals surface area contributed by atoms with Gasteiger partial charge in [-0.15, -0.1) is 0 Å². The van der Waals surface area contributed by atoms with Gasteiger partial charge in [-0.1, -0.05) is 6.07 Å². The Balaban J connectivity index is 2.02. The molecule has 0 aliphatic carbocycles. The molecule has 1 unspecified atom stereocenters. The lowest BCUT2D eigenvalue weighted by molar-refractivity contribution is 0.128. The van der Waals surface area contributed by atoms with Crippen LogP contribution in [0.5, 0.6) is 0 Å². The van der Waals surface area contributed by atoms with Crippen molar-refractivity contribution < 1.29 is 4.39 Å². The normalized spacial score (nSPS) is 21.0. The largest absolute Gasteiger partial charge is 0.326 e. The maximum absolute atomic E-state index is 13.5. The van der Waals surface area contributed by atoms with E-state index in [1.54, 1.807) is 6.07 Å². The second-order valence-corrected chi connectivity index (χ2v) is 5.67. The van der Waals surface area contributed by atoms with Crippen LogP contribution in [0.4, 0.5) is 4.39 Å². The van der Waals surface area contributed by atoms with Gasteiger partial charge in [0.1, 0.15) is 5.82 Å². The van der Waals surface area contributed by atoms with Crippen molar-refractivity contribution in [2.24, 2.45) is 5.73 Å². The zero-order valence-electron chi connectivity index (χ0n) is 11.9. The molecule has 2 rings (SSSR count). The zero-order chi connectivity index (χ0) is 13.8. The summed E-state index contributed by atoms with van der Waals surface area (Å²) in [6.45, 7) is 3.36. The number of halogens is 1. The summed E-state index contributed by atoms with van der Waals surface area (Å²) in [6, 6.07) is 5.76. The van der Waals surface area contributed by atoms with Gasteiger partial charge in [0.2, 0.25) is 0 Å². The summed E-state index contributed by atoms with van der Waals surface area (Å²) in [5.74, 6) is -0.181. The van der Waals surface area contributed by atoms with Gasteiger partial charge >= 0.3 is 0 Å². The second-order valence-electron chi connectivity index (χ2n) is 5.67. The number of benzene rings is 1. The number of likely N-dealkylation sites (N-methyl/N-ethyl adjacent to an activating group) is 1. The predicted molar refractivity (Wildman–Crippen MR) is 76.3 cm³/mol. The Labute approximate surface area is 115 Å². The summed E-state index contributed by atoms with van der Waals surface area (Å²) in [4.78, 5) is 4.69. The van der Waals surface area contributed by atoms with Gasteiger partial charge in [0.25, 0.3) is 0 Å². The van der Waals surface area contributed by atoms with Crippen LogP contribution in [-0.4, -0.2) is 43.0 Å². The predicted octanol–water partition coefficient (Wildman–Crippen LogP) is 1.81. The SMILES string of the molecule is CN(C)C1CCCN(Cc2cc(F)cc(CN)c2)C1. The molecule has 0 amide bonds. The molecule has 0 saturated carbocycles. The van der Waals surface area contributed by atoms with Crippen LogP contribution in [0, 0.1) is 5.82 Å². The van der Waals surface area contributed by atoms with Crippen LogP contribution in [0.1, 0.15) is 24.0 Å². The number of nitrogens with two attached hydrogens (primary N) is 1. The molecule has 1 aliphatic heterocycles. The standard InChI is InChI=1S/C15H24FN3/c1-18(2)15-4-3-5-19(11-15)10-13-6-12(9-17)7-14(16)8-13/h6-8,15H,3-5,9-11,17H2,1-2H3. The highest BCUT2D eigenvalue weighted by molar-refractivity contribution is 5.24. The molecular weight excluding hydrogens is 241 g/mol. The topological polar surface area (TPSA) is 32.5 Å². The van der Waals surface area contributed by atoms with E-state index >= 15 is 0 Å². The van der Waals surface area contributed by atoms with Crippen molar-refractivity contribution in [3.05, 3.63) is 35.1 Å². The third-order valence-corrected chi connectivity index (χ3v) is 3.87. The molecule has 0 radical (unpaired) electrons. The summed E-state index contributed by atoms with van der Waals surface area (Å²) < 4.78 is 13.5. The Morgan fingerprint density at radius 2 is 2.05 bits per heavy atom. The first-order valence-corrected chi connectivity index (χ1v) is 6.95. The van der Waals surface area contributed by atoms with Gasteiger partial charge in [0.05, 0.1) is 0 Å². The molecule has 4 heteroatoms. The highest BCUT2D eigenvalue weighted by atomic mass is 19.1. The molecule has 0 aromatic heterocycles. The number of hydrogen-bond donors (Lipinski definition) is 1. The van der Waals surface area contributed by atoms with E-state index in [-0.39, 0.29) is 5.82 Å². The van der Waals surface area contributed by atoms with Gasteiger partial charge in [-0.05, 0) is 56.7 Å². The smallest absolute Gasteiger partial charge is 0.123 e. The Hall–Kier alpha value is -0.970. The first kappa shape index (κ1) is 14.4. The molecule has 0 spiro atoms. The van der Waals surface area contributed by atoms with Crippen molar-refractivity contribution >= 4 is 0 Å². The molecule has 2 N–H and O–H groups in total. The lowest BCUT2D eigenvalue weighted by atomic mass is 10.0. The Morgan fingerprint density at radius 3 is 2.74 bits per heavy atom. The Morgan fingerprint density at radius 1 is 1.32 bits per heavy atom. The highest BCUT2D eigenvalue weighted by Gasteiger charge is 2.21. The van der Waals surface area contributed by atoms with Crippen LogP contribution in [0.2, 0.25) is 0 Å². The minimum atomic E-state index is -0.181. The molecule has 106 valence electrons. The molecule has 1 saturated heterocycles. The minimum absolute atomic E-state index is 0.181. The second kappa shape index (κ2) is 6.46. The Bertz CT molecular complexity index is 420. The van der Waals surface area contributed by atoms with Crippen molar-refractivity contribution in [3.8, 4) is 0 Å². The molecule has 0 bridgehead atoms. The molecule has 1 aliphatic rings. The van der Waals surface area contributed by atoms with Crippen LogP contribution < -0.4 is 5.73 Å². The number of rotatable bonds is 4. The van der Waals surface area contributed by atoms with Gasteiger partial charge in [0.15, 0.2) is 0 Å². The zero-order valence-corrected chi connectivity index (χ0v) is 11.9. The van der Waals surface area contributed by atoms with Gasteiger partial charge in [-0.2, -0.15) is 0 Å². The van der Waals surface area contributed by atoms with E-state index in [0.717, 1.165) is 30.8 Å². The fourth-order valence-electron chi connectivity index (χ4n) is 2.78. The first-order valence-electron chi connectivity index (χ1n) is 6.95. The number of likely N-dealkylation sites (tertiary alicyclic amines) is 1. The monoisotopic (exact) mass is 265 g/mol. The summed E-state index contributed by atoms with van der Waals surface area (Å²) in [5.41, 5.74) is 7.49. The average Bonchev–Trinajstić information content (AvgIpc) is 2.38. The fraction of sp³-hybridized carbons (Fsp3) is 0.600. The number of nitrogens with zero attached hydrogens (tertiary/aromatic N) is 2. The molecule has 1 atom stereocenters. The summed E-state index contributed by atoms with van der Waals surface area (Å²) >= 11 is 0. The van der Waals surface area contributed by atoms with Gasteiger partial charge < -0.3 is 10.6 Å². The summed E-state index contributed by atoms with van der Waals surface area (Å²) in [6.07, 6.45) is 2.46.